The molecule has 2 rings (SSSR count). The quantitative estimate of drug-likeness (QED) is 0.886. The number of rotatable bonds is 3. The maximum absolute atomic E-state index is 12.0. The number of nitrogens with zero attached hydrogens (tertiary/aromatic N) is 1. The molecule has 1 aromatic carbocycles. The molecule has 2 amide bonds. The van der Waals surface area contributed by atoms with Crippen molar-refractivity contribution in [3.8, 4) is 0 Å². The summed E-state index contributed by atoms with van der Waals surface area (Å²) >= 11 is 6.05. The van der Waals surface area contributed by atoms with Gasteiger partial charge in [-0.05, 0) is 30.5 Å². The number of benzene rings is 1. The third-order valence-electron chi connectivity index (χ3n) is 3.82. The minimum absolute atomic E-state index is 0.0554. The van der Waals surface area contributed by atoms with Crippen LogP contribution >= 0.6 is 11.6 Å². The SMILES string of the molecule is CN(C(=O)N/C=C/c1ccccc1Cl)C1CCCCC1. The van der Waals surface area contributed by atoms with Crippen molar-refractivity contribution in [2.45, 2.75) is 38.1 Å². The zero-order valence-electron chi connectivity index (χ0n) is 11.8. The minimum atomic E-state index is -0.0554. The Balaban J connectivity index is 1.86. The summed E-state index contributed by atoms with van der Waals surface area (Å²) in [5.41, 5.74) is 0.898. The van der Waals surface area contributed by atoms with Gasteiger partial charge in [-0.3, -0.25) is 0 Å². The van der Waals surface area contributed by atoms with Crippen LogP contribution in [0.3, 0.4) is 0 Å². The van der Waals surface area contributed by atoms with E-state index in [0.29, 0.717) is 11.1 Å². The minimum Gasteiger partial charge on any atom is -0.325 e. The highest BCUT2D eigenvalue weighted by atomic mass is 35.5. The van der Waals surface area contributed by atoms with Gasteiger partial charge in [0.15, 0.2) is 0 Å². The molecular weight excluding hydrogens is 272 g/mol. The fourth-order valence-corrected chi connectivity index (χ4v) is 2.75. The van der Waals surface area contributed by atoms with Gasteiger partial charge in [0.2, 0.25) is 0 Å². The molecule has 1 aliphatic carbocycles. The van der Waals surface area contributed by atoms with E-state index < -0.39 is 0 Å². The molecule has 4 heteroatoms. The van der Waals surface area contributed by atoms with Gasteiger partial charge < -0.3 is 10.2 Å². The van der Waals surface area contributed by atoms with E-state index in [4.69, 9.17) is 11.6 Å². The average Bonchev–Trinajstić information content (AvgIpc) is 2.49. The van der Waals surface area contributed by atoms with Crippen molar-refractivity contribution in [3.05, 3.63) is 41.1 Å². The molecule has 1 fully saturated rings. The molecule has 108 valence electrons. The van der Waals surface area contributed by atoms with Crippen LogP contribution in [0.4, 0.5) is 4.79 Å². The van der Waals surface area contributed by atoms with Gasteiger partial charge in [0.05, 0.1) is 0 Å². The number of urea groups is 1. The molecule has 1 N–H and O–H groups in total. The monoisotopic (exact) mass is 292 g/mol. The van der Waals surface area contributed by atoms with Crippen LogP contribution in [0.15, 0.2) is 30.5 Å². The Labute approximate surface area is 125 Å². The van der Waals surface area contributed by atoms with E-state index in [1.807, 2.05) is 42.3 Å². The molecule has 1 saturated carbocycles. The Bertz CT molecular complexity index is 481. The molecule has 0 unspecified atom stereocenters. The predicted molar refractivity (Wildman–Crippen MR) is 83.7 cm³/mol. The fraction of sp³-hybridized carbons (Fsp3) is 0.438. The predicted octanol–water partition coefficient (Wildman–Crippen LogP) is 4.28. The number of nitrogens with one attached hydrogen (secondary N) is 1. The molecule has 0 aromatic heterocycles. The first kappa shape index (κ1) is 14.9. The van der Waals surface area contributed by atoms with Gasteiger partial charge in [-0.1, -0.05) is 49.1 Å². The smallest absolute Gasteiger partial charge is 0.321 e. The average molecular weight is 293 g/mol. The van der Waals surface area contributed by atoms with Crippen molar-refractivity contribution in [2.24, 2.45) is 0 Å². The van der Waals surface area contributed by atoms with Crippen LogP contribution in [0.2, 0.25) is 5.02 Å². The Morgan fingerprint density at radius 2 is 2.00 bits per heavy atom. The second-order valence-electron chi connectivity index (χ2n) is 5.21. The van der Waals surface area contributed by atoms with Crippen LogP contribution in [-0.2, 0) is 0 Å². The molecule has 0 aliphatic heterocycles. The summed E-state index contributed by atoms with van der Waals surface area (Å²) in [7, 11) is 1.87. The van der Waals surface area contributed by atoms with Crippen LogP contribution in [-0.4, -0.2) is 24.0 Å². The first-order valence-electron chi connectivity index (χ1n) is 7.13. The zero-order valence-corrected chi connectivity index (χ0v) is 12.6. The molecule has 0 heterocycles. The Morgan fingerprint density at radius 1 is 1.30 bits per heavy atom. The lowest BCUT2D eigenvalue weighted by Crippen LogP contribution is -2.42. The van der Waals surface area contributed by atoms with Crippen LogP contribution in [0.1, 0.15) is 37.7 Å². The summed E-state index contributed by atoms with van der Waals surface area (Å²) in [6.07, 6.45) is 9.42. The summed E-state index contributed by atoms with van der Waals surface area (Å²) in [6.45, 7) is 0. The normalized spacial score (nSPS) is 16.3. The molecule has 0 spiro atoms. The van der Waals surface area contributed by atoms with Gasteiger partial charge in [-0.15, -0.1) is 0 Å². The van der Waals surface area contributed by atoms with Crippen molar-refractivity contribution in [2.75, 3.05) is 7.05 Å². The summed E-state index contributed by atoms with van der Waals surface area (Å²) in [5, 5.41) is 3.48. The van der Waals surface area contributed by atoms with E-state index in [-0.39, 0.29) is 6.03 Å². The zero-order chi connectivity index (χ0) is 14.4. The van der Waals surface area contributed by atoms with Crippen LogP contribution in [0.5, 0.6) is 0 Å². The van der Waals surface area contributed by atoms with Crippen LogP contribution in [0, 0.1) is 0 Å². The summed E-state index contributed by atoms with van der Waals surface area (Å²) in [4.78, 5) is 13.9. The molecule has 1 aromatic rings. The van der Waals surface area contributed by atoms with E-state index in [9.17, 15) is 4.79 Å². The molecule has 0 radical (unpaired) electrons. The molecule has 3 nitrogen and oxygen atoms in total. The van der Waals surface area contributed by atoms with Gasteiger partial charge in [0.1, 0.15) is 0 Å². The van der Waals surface area contributed by atoms with Gasteiger partial charge in [0, 0.05) is 24.3 Å². The molecule has 20 heavy (non-hydrogen) atoms. The molecule has 0 saturated heterocycles. The van der Waals surface area contributed by atoms with E-state index in [0.717, 1.165) is 18.4 Å². The van der Waals surface area contributed by atoms with Gasteiger partial charge in [-0.25, -0.2) is 4.79 Å². The number of carbonyl (C=O) groups excluding carboxylic acids is 1. The molecular formula is C16H21ClN2O. The van der Waals surface area contributed by atoms with Crippen molar-refractivity contribution in [1.29, 1.82) is 0 Å². The van der Waals surface area contributed by atoms with Gasteiger partial charge in [-0.2, -0.15) is 0 Å². The second-order valence-corrected chi connectivity index (χ2v) is 5.61. The van der Waals surface area contributed by atoms with Crippen LogP contribution < -0.4 is 5.32 Å². The Morgan fingerprint density at radius 3 is 2.70 bits per heavy atom. The number of halogens is 1. The van der Waals surface area contributed by atoms with Crippen molar-refractivity contribution < 1.29 is 4.79 Å². The first-order chi connectivity index (χ1) is 9.68. The van der Waals surface area contributed by atoms with Crippen molar-refractivity contribution in [3.63, 3.8) is 0 Å². The van der Waals surface area contributed by atoms with Crippen molar-refractivity contribution >= 4 is 23.7 Å². The molecule has 0 bridgehead atoms. The number of carbonyl (C=O) groups is 1. The summed E-state index contributed by atoms with van der Waals surface area (Å²) in [5.74, 6) is 0. The highest BCUT2D eigenvalue weighted by Crippen LogP contribution is 2.21. The van der Waals surface area contributed by atoms with E-state index in [1.165, 1.54) is 19.3 Å². The maximum atomic E-state index is 12.0. The second kappa shape index (κ2) is 7.34. The first-order valence-corrected chi connectivity index (χ1v) is 7.50. The lowest BCUT2D eigenvalue weighted by atomic mass is 9.95. The molecule has 1 aliphatic rings. The summed E-state index contributed by atoms with van der Waals surface area (Å²) < 4.78 is 0. The fourth-order valence-electron chi connectivity index (χ4n) is 2.55. The number of hydrogen-bond donors (Lipinski definition) is 1. The van der Waals surface area contributed by atoms with Gasteiger partial charge >= 0.3 is 6.03 Å². The lowest BCUT2D eigenvalue weighted by molar-refractivity contribution is 0.177. The number of hydrogen-bond acceptors (Lipinski definition) is 1. The summed E-state index contributed by atoms with van der Waals surface area (Å²) in [6, 6.07) is 7.86. The highest BCUT2D eigenvalue weighted by Gasteiger charge is 2.21. The van der Waals surface area contributed by atoms with E-state index in [2.05, 4.69) is 5.32 Å². The standard InChI is InChI=1S/C16H21ClN2O/c1-19(14-8-3-2-4-9-14)16(20)18-12-11-13-7-5-6-10-15(13)17/h5-7,10-12,14H,2-4,8-9H2,1H3,(H,18,20)/b12-11+. The van der Waals surface area contributed by atoms with E-state index in [1.54, 1.807) is 6.20 Å². The lowest BCUT2D eigenvalue weighted by Gasteiger charge is -2.30. The van der Waals surface area contributed by atoms with Crippen molar-refractivity contribution in [1.82, 2.24) is 10.2 Å². The Kier molecular flexibility index (Phi) is 5.48. The number of amides is 2. The third-order valence-corrected chi connectivity index (χ3v) is 4.16. The van der Waals surface area contributed by atoms with E-state index >= 15 is 0 Å². The topological polar surface area (TPSA) is 32.3 Å². The Hall–Kier alpha value is -1.48. The van der Waals surface area contributed by atoms with Crippen LogP contribution in [0.25, 0.3) is 6.08 Å². The molecule has 0 atom stereocenters. The maximum Gasteiger partial charge on any atom is 0.321 e. The van der Waals surface area contributed by atoms with Gasteiger partial charge in [0.25, 0.3) is 0 Å². The largest absolute Gasteiger partial charge is 0.325 e. The third kappa shape index (κ3) is 4.01. The highest BCUT2D eigenvalue weighted by molar-refractivity contribution is 6.32.